The van der Waals surface area contributed by atoms with E-state index < -0.39 is 11.9 Å². The van der Waals surface area contributed by atoms with Gasteiger partial charge in [-0.1, -0.05) is 12.7 Å². The summed E-state index contributed by atoms with van der Waals surface area (Å²) in [6, 6.07) is 3.20. The average Bonchev–Trinajstić information content (AvgIpc) is 2.22. The highest BCUT2D eigenvalue weighted by molar-refractivity contribution is 5.73. The molecule has 0 unspecified atom stereocenters. The number of ether oxygens (including phenoxy) is 2. The van der Waals surface area contributed by atoms with Crippen LogP contribution in [0.25, 0.3) is 6.08 Å². The number of carbonyl (C=O) groups is 2. The Bertz CT molecular complexity index is 437. The van der Waals surface area contributed by atoms with E-state index in [1.54, 1.807) is 19.1 Å². The maximum absolute atomic E-state index is 10.9. The van der Waals surface area contributed by atoms with Crippen molar-refractivity contribution in [2.45, 2.75) is 20.8 Å². The molecule has 0 bridgehead atoms. The molecule has 0 amide bonds. The van der Waals surface area contributed by atoms with Gasteiger partial charge in [0.2, 0.25) is 0 Å². The van der Waals surface area contributed by atoms with E-state index in [-0.39, 0.29) is 0 Å². The highest BCUT2D eigenvalue weighted by atomic mass is 16.5. The van der Waals surface area contributed by atoms with Crippen LogP contribution >= 0.6 is 0 Å². The average molecular weight is 233 g/mol. The second-order valence-corrected chi connectivity index (χ2v) is 3.50. The van der Waals surface area contributed by atoms with Crippen LogP contribution in [0.15, 0.2) is 12.1 Å². The number of esters is 2. The zero-order valence-corrected chi connectivity index (χ0v) is 9.94. The molecule has 0 saturated heterocycles. The number of rotatable bonds is 3. The topological polar surface area (TPSA) is 52.6 Å². The maximum Gasteiger partial charge on any atom is 0.308 e. The molecule has 17 heavy (non-hydrogen) atoms. The third-order valence-electron chi connectivity index (χ3n) is 2.03. The van der Waals surface area contributed by atoms with Crippen molar-refractivity contribution in [3.63, 3.8) is 0 Å². The van der Waals surface area contributed by atoms with Gasteiger partial charge in [0.05, 0.1) is 0 Å². The van der Waals surface area contributed by atoms with E-state index in [1.165, 1.54) is 19.9 Å². The summed E-state index contributed by atoms with van der Waals surface area (Å²) in [4.78, 5) is 21.9. The number of hydrogen-bond donors (Lipinski definition) is 0. The molecule has 0 atom stereocenters. The molecule has 0 aliphatic carbocycles. The minimum Gasteiger partial charge on any atom is -0.426 e. The molecule has 4 nitrogen and oxygen atoms in total. The van der Waals surface area contributed by atoms with Crippen molar-refractivity contribution in [1.29, 1.82) is 0 Å². The minimum atomic E-state index is -0.448. The van der Waals surface area contributed by atoms with Crippen LogP contribution in [-0.2, 0) is 9.59 Å². The van der Waals surface area contributed by atoms with Crippen LogP contribution in [-0.4, -0.2) is 11.9 Å². The molecule has 1 rings (SSSR count). The van der Waals surface area contributed by atoms with Gasteiger partial charge in [-0.25, -0.2) is 0 Å². The van der Waals surface area contributed by atoms with Crippen LogP contribution < -0.4 is 9.47 Å². The first-order valence-corrected chi connectivity index (χ1v) is 5.00. The Morgan fingerprint density at radius 3 is 1.82 bits per heavy atom. The Labute approximate surface area is 99.8 Å². The highest BCUT2D eigenvalue weighted by Crippen LogP contribution is 2.30. The van der Waals surface area contributed by atoms with Gasteiger partial charge < -0.3 is 9.47 Å². The monoisotopic (exact) mass is 233 g/mol. The lowest BCUT2D eigenvalue weighted by molar-refractivity contribution is -0.132. The van der Waals surface area contributed by atoms with Crippen molar-refractivity contribution in [2.75, 3.05) is 0 Å². The second-order valence-electron chi connectivity index (χ2n) is 3.50. The van der Waals surface area contributed by atoms with Gasteiger partial charge in [0.25, 0.3) is 0 Å². The Morgan fingerprint density at radius 2 is 1.53 bits per heavy atom. The van der Waals surface area contributed by atoms with Crippen molar-refractivity contribution in [3.8, 4) is 11.5 Å². The highest BCUT2D eigenvalue weighted by Gasteiger charge is 2.11. The smallest absolute Gasteiger partial charge is 0.308 e. The molecule has 4 heteroatoms. The van der Waals surface area contributed by atoms with Crippen LogP contribution in [0.2, 0.25) is 0 Å². The van der Waals surface area contributed by atoms with Gasteiger partial charge in [-0.15, -0.1) is 0 Å². The fraction of sp³-hybridized carbons (Fsp3) is 0.231. The summed E-state index contributed by atoms with van der Waals surface area (Å²) in [6.07, 6.45) is 1.33. The van der Waals surface area contributed by atoms with Crippen molar-refractivity contribution in [2.24, 2.45) is 0 Å². The molecule has 0 spiro atoms. The van der Waals surface area contributed by atoms with E-state index in [1.807, 2.05) is 0 Å². The molecule has 1 radical (unpaired) electrons. The van der Waals surface area contributed by atoms with Crippen molar-refractivity contribution in [3.05, 3.63) is 29.8 Å². The van der Waals surface area contributed by atoms with E-state index in [0.717, 1.165) is 0 Å². The van der Waals surface area contributed by atoms with Gasteiger partial charge in [0.15, 0.2) is 0 Å². The number of hydrogen-bond acceptors (Lipinski definition) is 4. The van der Waals surface area contributed by atoms with Gasteiger partial charge in [-0.3, -0.25) is 9.59 Å². The molecule has 0 heterocycles. The zero-order valence-electron chi connectivity index (χ0n) is 9.94. The first-order chi connectivity index (χ1) is 7.93. The molecule has 0 aliphatic rings. The quantitative estimate of drug-likeness (QED) is 0.593. The lowest BCUT2D eigenvalue weighted by atomic mass is 10.1. The summed E-state index contributed by atoms with van der Waals surface area (Å²) in [7, 11) is 0. The summed E-state index contributed by atoms with van der Waals surface area (Å²) in [5.74, 6) is -0.243. The molecule has 1 aromatic carbocycles. The second kappa shape index (κ2) is 5.30. The van der Waals surface area contributed by atoms with Crippen LogP contribution in [0.3, 0.4) is 0 Å². The van der Waals surface area contributed by atoms with Crippen LogP contribution in [0, 0.1) is 13.5 Å². The predicted molar refractivity (Wildman–Crippen MR) is 62.6 cm³/mol. The maximum atomic E-state index is 10.9. The Morgan fingerprint density at radius 1 is 1.12 bits per heavy atom. The standard InChI is InChI=1S/C13H13O4/c1-5-11-6-12(16-9(3)14)8(2)13(7-11)17-10(4)15/h1,5-7H,2-4H3. The Hall–Kier alpha value is -2.10. The summed E-state index contributed by atoms with van der Waals surface area (Å²) < 4.78 is 10.0. The molecule has 0 aliphatic heterocycles. The van der Waals surface area contributed by atoms with Crippen molar-refractivity contribution >= 4 is 18.0 Å². The van der Waals surface area contributed by atoms with Crippen LogP contribution in [0.4, 0.5) is 0 Å². The molecule has 89 valence electrons. The van der Waals surface area contributed by atoms with Crippen molar-refractivity contribution in [1.82, 2.24) is 0 Å². The third-order valence-corrected chi connectivity index (χ3v) is 2.03. The predicted octanol–water partition coefficient (Wildman–Crippen LogP) is 2.29. The largest absolute Gasteiger partial charge is 0.426 e. The van der Waals surface area contributed by atoms with Crippen LogP contribution in [0.5, 0.6) is 11.5 Å². The number of benzene rings is 1. The lowest BCUT2D eigenvalue weighted by Crippen LogP contribution is -2.07. The summed E-state index contributed by atoms with van der Waals surface area (Å²) in [5.41, 5.74) is 1.17. The fourth-order valence-electron chi connectivity index (χ4n) is 1.30. The third kappa shape index (κ3) is 3.45. The summed E-state index contributed by atoms with van der Waals surface area (Å²) in [5, 5.41) is 0. The van der Waals surface area contributed by atoms with E-state index in [0.29, 0.717) is 22.6 Å². The van der Waals surface area contributed by atoms with E-state index in [9.17, 15) is 9.59 Å². The molecular weight excluding hydrogens is 220 g/mol. The van der Waals surface area contributed by atoms with Gasteiger partial charge in [-0.05, 0) is 24.6 Å². The number of carbonyl (C=O) groups excluding carboxylic acids is 2. The zero-order chi connectivity index (χ0) is 13.0. The van der Waals surface area contributed by atoms with Gasteiger partial charge in [-0.2, -0.15) is 0 Å². The minimum absolute atomic E-state index is 0.327. The Balaban J connectivity index is 3.24. The van der Waals surface area contributed by atoms with E-state index in [2.05, 4.69) is 0 Å². The van der Waals surface area contributed by atoms with Gasteiger partial charge in [0.1, 0.15) is 11.5 Å². The normalized spacial score (nSPS) is 9.59. The van der Waals surface area contributed by atoms with E-state index in [4.69, 9.17) is 16.1 Å². The van der Waals surface area contributed by atoms with Crippen LogP contribution in [0.1, 0.15) is 25.0 Å². The first-order valence-electron chi connectivity index (χ1n) is 5.00. The molecule has 1 aromatic rings. The first kappa shape index (κ1) is 13.0. The van der Waals surface area contributed by atoms with E-state index >= 15 is 0 Å². The molecule has 0 N–H and O–H groups in total. The van der Waals surface area contributed by atoms with Gasteiger partial charge in [0, 0.05) is 19.4 Å². The molecule has 0 aromatic heterocycles. The van der Waals surface area contributed by atoms with Gasteiger partial charge >= 0.3 is 11.9 Å². The lowest BCUT2D eigenvalue weighted by Gasteiger charge is -2.11. The molecule has 0 fully saturated rings. The summed E-state index contributed by atoms with van der Waals surface area (Å²) >= 11 is 0. The SMILES string of the molecule is [CH]=Cc1cc(OC(C)=O)c(C)c(OC(C)=O)c1. The molecule has 0 saturated carbocycles. The molecular formula is C13H13O4. The fourth-order valence-corrected chi connectivity index (χ4v) is 1.30. The summed E-state index contributed by atoms with van der Waals surface area (Å²) in [6.45, 7) is 9.68. The van der Waals surface area contributed by atoms with Crippen molar-refractivity contribution < 1.29 is 19.1 Å². The Kier molecular flexibility index (Phi) is 4.04.